The Hall–Kier alpha value is -1.87. The third kappa shape index (κ3) is 21.0. The van der Waals surface area contributed by atoms with Gasteiger partial charge in [-0.2, -0.15) is 0 Å². The molecule has 0 spiro atoms. The van der Waals surface area contributed by atoms with Crippen LogP contribution in [0.4, 0.5) is 0 Å². The minimum Gasteiger partial charge on any atom is -0.463 e. The van der Waals surface area contributed by atoms with Crippen molar-refractivity contribution >= 4 is 41.0 Å². The Kier molecular flexibility index (Phi) is 25.7. The van der Waals surface area contributed by atoms with Crippen molar-refractivity contribution in [2.75, 3.05) is 38.1 Å². The summed E-state index contributed by atoms with van der Waals surface area (Å²) in [7, 11) is 0. The maximum absolute atomic E-state index is 12.5. The zero-order valence-electron chi connectivity index (χ0n) is 28.8. The van der Waals surface area contributed by atoms with E-state index in [0.717, 1.165) is 44.1 Å². The summed E-state index contributed by atoms with van der Waals surface area (Å²) in [5.41, 5.74) is 0.811. The molecule has 0 bridgehead atoms. The number of nitrogens with one attached hydrogen (secondary N) is 2. The predicted molar refractivity (Wildman–Crippen MR) is 192 cm³/mol. The molecule has 270 valence electrons. The Morgan fingerprint density at radius 1 is 0.745 bits per heavy atom. The molecule has 0 aliphatic heterocycles. The van der Waals surface area contributed by atoms with E-state index in [1.165, 1.54) is 69.8 Å². The summed E-state index contributed by atoms with van der Waals surface area (Å²) in [5, 5.41) is 24.9. The molecule has 47 heavy (non-hydrogen) atoms. The first-order valence-electron chi connectivity index (χ1n) is 18.0. The molecule has 2 amide bonds. The maximum atomic E-state index is 12.5. The highest BCUT2D eigenvalue weighted by Crippen LogP contribution is 2.25. The molecule has 0 aromatic heterocycles. The van der Waals surface area contributed by atoms with Gasteiger partial charge in [0.15, 0.2) is 0 Å². The van der Waals surface area contributed by atoms with Crippen molar-refractivity contribution in [1.82, 2.24) is 10.6 Å². The average molecular weight is 702 g/mol. The number of alkyl halides is 2. The molecular weight excluding hydrogens is 639 g/mol. The highest BCUT2D eigenvalue weighted by molar-refractivity contribution is 6.18. The Balaban J connectivity index is 2.23. The van der Waals surface area contributed by atoms with E-state index in [9.17, 15) is 24.6 Å². The number of rotatable bonds is 30. The van der Waals surface area contributed by atoms with E-state index >= 15 is 0 Å². The van der Waals surface area contributed by atoms with Crippen LogP contribution in [0.25, 0.3) is 0 Å². The van der Waals surface area contributed by atoms with Gasteiger partial charge in [0, 0.05) is 24.6 Å². The van der Waals surface area contributed by atoms with Crippen LogP contribution in [0.5, 0.6) is 0 Å². The Bertz CT molecular complexity index is 953. The zero-order valence-corrected chi connectivity index (χ0v) is 30.4. The highest BCUT2D eigenvalue weighted by atomic mass is 35.5. The lowest BCUT2D eigenvalue weighted by Crippen LogP contribution is -2.59. The second kappa shape index (κ2) is 28.0. The second-order valence-electron chi connectivity index (χ2n) is 12.8. The summed E-state index contributed by atoms with van der Waals surface area (Å²) in [6, 6.07) is 8.31. The smallest absolute Gasteiger partial charge is 0.305 e. The van der Waals surface area contributed by atoms with Gasteiger partial charge in [0.25, 0.3) is 0 Å². The van der Waals surface area contributed by atoms with E-state index in [4.69, 9.17) is 27.9 Å². The molecule has 0 atom stereocenters. The molecule has 1 rings (SSSR count). The number of esters is 1. The Labute approximate surface area is 294 Å². The first kappa shape index (κ1) is 43.2. The summed E-state index contributed by atoms with van der Waals surface area (Å²) >= 11 is 11.9. The van der Waals surface area contributed by atoms with Crippen LogP contribution in [-0.2, 0) is 25.5 Å². The number of aliphatic hydroxyl groups excluding tert-OH is 2. The molecule has 0 saturated heterocycles. The van der Waals surface area contributed by atoms with Gasteiger partial charge in [-0.05, 0) is 49.1 Å². The molecule has 0 saturated carbocycles. The van der Waals surface area contributed by atoms with E-state index in [1.54, 1.807) is 0 Å². The number of ether oxygens (including phenoxy) is 1. The van der Waals surface area contributed by atoms with E-state index in [0.29, 0.717) is 24.1 Å². The second-order valence-corrected chi connectivity index (χ2v) is 13.6. The summed E-state index contributed by atoms with van der Waals surface area (Å²) in [4.78, 5) is 37.1. The lowest BCUT2D eigenvalue weighted by Gasteiger charge is -2.30. The fourth-order valence-electron chi connectivity index (χ4n) is 5.59. The summed E-state index contributed by atoms with van der Waals surface area (Å²) < 4.78 is 5.29. The molecule has 1 aromatic rings. The fraction of sp³-hybridized carbons (Fsp3) is 0.757. The molecule has 0 radical (unpaired) electrons. The molecule has 1 aromatic carbocycles. The van der Waals surface area contributed by atoms with Crippen LogP contribution < -0.4 is 10.6 Å². The number of aliphatic hydroxyl groups is 2. The topological polar surface area (TPSA) is 125 Å². The van der Waals surface area contributed by atoms with Crippen molar-refractivity contribution < 1.29 is 29.3 Å². The van der Waals surface area contributed by atoms with Crippen molar-refractivity contribution in [2.24, 2.45) is 0 Å². The van der Waals surface area contributed by atoms with Gasteiger partial charge in [0.05, 0.1) is 19.8 Å². The highest BCUT2D eigenvalue weighted by Gasteiger charge is 2.32. The zero-order chi connectivity index (χ0) is 34.6. The van der Waals surface area contributed by atoms with Gasteiger partial charge in [-0.3, -0.25) is 14.4 Å². The lowest BCUT2D eigenvalue weighted by atomic mass is 9.92. The first-order valence-corrected chi connectivity index (χ1v) is 19.1. The monoisotopic (exact) mass is 700 g/mol. The molecule has 8 nitrogen and oxygen atoms in total. The molecule has 4 N–H and O–H groups in total. The van der Waals surface area contributed by atoms with Crippen molar-refractivity contribution in [3.8, 4) is 0 Å². The van der Waals surface area contributed by atoms with Gasteiger partial charge in [0.2, 0.25) is 11.8 Å². The largest absolute Gasteiger partial charge is 0.463 e. The van der Waals surface area contributed by atoms with Crippen molar-refractivity contribution in [3.05, 3.63) is 35.4 Å². The van der Waals surface area contributed by atoms with Gasteiger partial charge in [-0.15, -0.1) is 23.2 Å². The van der Waals surface area contributed by atoms with Gasteiger partial charge in [0.1, 0.15) is 12.1 Å². The van der Waals surface area contributed by atoms with Gasteiger partial charge < -0.3 is 25.6 Å². The maximum Gasteiger partial charge on any atom is 0.305 e. The number of carbonyl (C=O) groups excluding carboxylic acids is 3. The third-order valence-electron chi connectivity index (χ3n) is 8.69. The van der Waals surface area contributed by atoms with Crippen LogP contribution >= 0.6 is 23.2 Å². The molecule has 0 heterocycles. The number of unbranched alkanes of at least 4 members (excludes halogenated alkanes) is 12. The van der Waals surface area contributed by atoms with Crippen molar-refractivity contribution in [1.29, 1.82) is 0 Å². The van der Waals surface area contributed by atoms with Crippen LogP contribution in [0.1, 0.15) is 140 Å². The Morgan fingerprint density at radius 3 is 1.79 bits per heavy atom. The third-order valence-corrected chi connectivity index (χ3v) is 9.12. The van der Waals surface area contributed by atoms with Crippen LogP contribution in [0, 0.1) is 0 Å². The number of carbonyl (C=O) groups is 3. The van der Waals surface area contributed by atoms with E-state index in [2.05, 4.69) is 41.8 Å². The van der Waals surface area contributed by atoms with Gasteiger partial charge in [-0.1, -0.05) is 108 Å². The summed E-state index contributed by atoms with van der Waals surface area (Å²) in [5.74, 6) is 0.223. The number of benzene rings is 1. The molecule has 0 fully saturated rings. The number of aryl methyl sites for hydroxylation is 1. The van der Waals surface area contributed by atoms with Gasteiger partial charge >= 0.3 is 5.97 Å². The van der Waals surface area contributed by atoms with Gasteiger partial charge in [-0.25, -0.2) is 0 Å². The van der Waals surface area contributed by atoms with E-state index in [-0.39, 0.29) is 31.9 Å². The molecule has 0 aliphatic rings. The quantitative estimate of drug-likeness (QED) is 0.0378. The van der Waals surface area contributed by atoms with Crippen LogP contribution in [-0.4, -0.2) is 71.7 Å². The first-order chi connectivity index (χ1) is 22.8. The van der Waals surface area contributed by atoms with Crippen LogP contribution in [0.15, 0.2) is 24.3 Å². The number of hydrogen-bond donors (Lipinski definition) is 4. The minimum absolute atomic E-state index is 0.248. The standard InChI is InChI=1S/C37H62Cl2N2O6/c1-2-3-4-5-6-7-8-9-10-11-12-13-14-18-36(46)47-30-37(28-42,29-43)41-35(45)27-40-34(44)17-15-16-31-19-21-32(22-20-31)33(23-25-38)24-26-39/h19-22,33,42-43H,2-18,23-30H2,1H3,(H,40,44)(H,41,45). The number of hydrogen-bond acceptors (Lipinski definition) is 6. The van der Waals surface area contributed by atoms with E-state index in [1.807, 2.05) is 0 Å². The number of amides is 2. The summed E-state index contributed by atoms with van der Waals surface area (Å²) in [6.45, 7) is 0.336. The predicted octanol–water partition coefficient (Wildman–Crippen LogP) is 7.33. The fourth-order valence-corrected chi connectivity index (χ4v) is 6.12. The summed E-state index contributed by atoms with van der Waals surface area (Å²) in [6.07, 6.45) is 19.4. The lowest BCUT2D eigenvalue weighted by molar-refractivity contribution is -0.149. The number of halogens is 2. The Morgan fingerprint density at radius 2 is 1.28 bits per heavy atom. The normalized spacial score (nSPS) is 11.5. The van der Waals surface area contributed by atoms with Crippen LogP contribution in [0.2, 0.25) is 0 Å². The van der Waals surface area contributed by atoms with Crippen molar-refractivity contribution in [2.45, 2.75) is 140 Å². The average Bonchev–Trinajstić information content (AvgIpc) is 3.08. The van der Waals surface area contributed by atoms with Crippen molar-refractivity contribution in [3.63, 3.8) is 0 Å². The molecule has 10 heteroatoms. The molecular formula is C37H62Cl2N2O6. The van der Waals surface area contributed by atoms with E-state index < -0.39 is 30.6 Å². The minimum atomic E-state index is -1.52. The molecule has 0 aliphatic carbocycles. The SMILES string of the molecule is CCCCCCCCCCCCCCCC(=O)OCC(CO)(CO)NC(=O)CNC(=O)CCCc1ccc(C(CCCl)CCCl)cc1. The molecule has 0 unspecified atom stereocenters. The van der Waals surface area contributed by atoms with Crippen LogP contribution in [0.3, 0.4) is 0 Å².